The standard InChI is InChI=1S/C23H36O8Si/c1-5-27-20-15-13-19(14-16-22(24)25)18-21(20)31-23(26)12-10-9-11-17-32(28-6-2,29-7-3)30-8-4/h13-16,18H,5-12,17H2,1-4H3,(H,24,25)/b16-14+. The monoisotopic (exact) mass is 468 g/mol. The minimum Gasteiger partial charge on any atom is -0.490 e. The third-order valence-electron chi connectivity index (χ3n) is 4.37. The van der Waals surface area contributed by atoms with E-state index in [1.165, 1.54) is 6.08 Å². The van der Waals surface area contributed by atoms with Crippen molar-refractivity contribution in [3.05, 3.63) is 29.8 Å². The number of rotatable bonds is 17. The van der Waals surface area contributed by atoms with Gasteiger partial charge in [0.1, 0.15) is 0 Å². The summed E-state index contributed by atoms with van der Waals surface area (Å²) in [4.78, 5) is 23.1. The highest BCUT2D eigenvalue weighted by Crippen LogP contribution is 2.29. The maximum atomic E-state index is 12.4. The van der Waals surface area contributed by atoms with Crippen LogP contribution in [0.5, 0.6) is 11.5 Å². The number of esters is 1. The second-order valence-electron chi connectivity index (χ2n) is 6.83. The number of carbonyl (C=O) groups is 2. The summed E-state index contributed by atoms with van der Waals surface area (Å²) in [5.41, 5.74) is 0.600. The van der Waals surface area contributed by atoms with Crippen molar-refractivity contribution in [3.8, 4) is 11.5 Å². The van der Waals surface area contributed by atoms with Gasteiger partial charge in [0.15, 0.2) is 11.5 Å². The molecule has 0 heterocycles. The average molecular weight is 469 g/mol. The van der Waals surface area contributed by atoms with Gasteiger partial charge in [0.05, 0.1) is 6.61 Å². The van der Waals surface area contributed by atoms with E-state index < -0.39 is 14.8 Å². The van der Waals surface area contributed by atoms with E-state index in [1.54, 1.807) is 18.2 Å². The molecule has 0 aliphatic heterocycles. The Hall–Kier alpha value is -2.20. The first-order valence-electron chi connectivity index (χ1n) is 11.2. The van der Waals surface area contributed by atoms with Gasteiger partial charge in [-0.2, -0.15) is 0 Å². The van der Waals surface area contributed by atoms with Gasteiger partial charge in [-0.1, -0.05) is 12.5 Å². The minimum atomic E-state index is -2.65. The van der Waals surface area contributed by atoms with Gasteiger partial charge < -0.3 is 27.9 Å². The van der Waals surface area contributed by atoms with Gasteiger partial charge >= 0.3 is 20.7 Å². The first-order chi connectivity index (χ1) is 15.4. The van der Waals surface area contributed by atoms with Gasteiger partial charge in [-0.15, -0.1) is 0 Å². The smallest absolute Gasteiger partial charge is 0.490 e. The largest absolute Gasteiger partial charge is 0.500 e. The first-order valence-corrected chi connectivity index (χ1v) is 13.1. The van der Waals surface area contributed by atoms with Crippen molar-refractivity contribution in [1.29, 1.82) is 0 Å². The predicted octanol–water partition coefficient (Wildman–Crippen LogP) is 4.70. The van der Waals surface area contributed by atoms with Crippen molar-refractivity contribution in [2.75, 3.05) is 26.4 Å². The number of hydrogen-bond acceptors (Lipinski definition) is 7. The predicted molar refractivity (Wildman–Crippen MR) is 124 cm³/mol. The average Bonchev–Trinajstić information content (AvgIpc) is 2.74. The Bertz CT molecular complexity index is 718. The van der Waals surface area contributed by atoms with Crippen molar-refractivity contribution in [2.45, 2.75) is 59.4 Å². The molecule has 0 amide bonds. The van der Waals surface area contributed by atoms with Crippen molar-refractivity contribution >= 4 is 26.8 Å². The number of benzene rings is 1. The highest BCUT2D eigenvalue weighted by molar-refractivity contribution is 6.60. The highest BCUT2D eigenvalue weighted by Gasteiger charge is 2.39. The topological polar surface area (TPSA) is 101 Å². The van der Waals surface area contributed by atoms with Crippen LogP contribution in [0, 0.1) is 0 Å². The maximum Gasteiger partial charge on any atom is 0.500 e. The molecule has 180 valence electrons. The van der Waals surface area contributed by atoms with E-state index in [0.717, 1.165) is 18.9 Å². The highest BCUT2D eigenvalue weighted by atomic mass is 28.4. The van der Waals surface area contributed by atoms with Gasteiger partial charge in [-0.05, 0) is 64.3 Å². The normalized spacial score (nSPS) is 11.6. The quantitative estimate of drug-likeness (QED) is 0.115. The Morgan fingerprint density at radius 3 is 2.12 bits per heavy atom. The molecule has 0 bridgehead atoms. The molecule has 0 aliphatic rings. The number of carboxylic acids is 1. The zero-order valence-corrected chi connectivity index (χ0v) is 20.6. The van der Waals surface area contributed by atoms with E-state index in [0.29, 0.717) is 50.2 Å². The Morgan fingerprint density at radius 2 is 1.56 bits per heavy atom. The van der Waals surface area contributed by atoms with Crippen molar-refractivity contribution in [1.82, 2.24) is 0 Å². The molecular weight excluding hydrogens is 432 g/mol. The zero-order chi connectivity index (χ0) is 23.8. The fourth-order valence-electron chi connectivity index (χ4n) is 3.11. The number of carboxylic acid groups (broad SMARTS) is 1. The van der Waals surface area contributed by atoms with Gasteiger partial charge in [0.25, 0.3) is 0 Å². The molecule has 1 aromatic rings. The van der Waals surface area contributed by atoms with Crippen LogP contribution in [0.15, 0.2) is 24.3 Å². The van der Waals surface area contributed by atoms with Gasteiger partial charge in [-0.3, -0.25) is 4.79 Å². The SMILES string of the molecule is CCOc1ccc(/C=C/C(=O)O)cc1OC(=O)CCCCC[Si](OCC)(OCC)OCC. The number of hydrogen-bond donors (Lipinski definition) is 1. The van der Waals surface area contributed by atoms with Crippen LogP contribution in [0.3, 0.4) is 0 Å². The molecule has 9 heteroatoms. The van der Waals surface area contributed by atoms with E-state index in [4.69, 9.17) is 27.9 Å². The molecule has 0 saturated carbocycles. The summed E-state index contributed by atoms with van der Waals surface area (Å²) >= 11 is 0. The lowest BCUT2D eigenvalue weighted by Crippen LogP contribution is -2.45. The molecule has 0 saturated heterocycles. The lowest BCUT2D eigenvalue weighted by molar-refractivity contribution is -0.134. The van der Waals surface area contributed by atoms with Crippen LogP contribution < -0.4 is 9.47 Å². The molecule has 0 aromatic heterocycles. The number of ether oxygens (including phenoxy) is 2. The summed E-state index contributed by atoms with van der Waals surface area (Å²) in [5.74, 6) is -0.704. The summed E-state index contributed by atoms with van der Waals surface area (Å²) in [6.07, 6.45) is 5.03. The van der Waals surface area contributed by atoms with E-state index in [1.807, 2.05) is 27.7 Å². The molecule has 0 fully saturated rings. The third-order valence-corrected chi connectivity index (χ3v) is 7.52. The Kier molecular flexibility index (Phi) is 13.5. The van der Waals surface area contributed by atoms with Gasteiger partial charge in [0, 0.05) is 38.4 Å². The number of aliphatic carboxylic acids is 1. The summed E-state index contributed by atoms with van der Waals surface area (Å²) in [7, 11) is -2.65. The van der Waals surface area contributed by atoms with Crippen LogP contribution in [-0.2, 0) is 22.9 Å². The summed E-state index contributed by atoms with van der Waals surface area (Å²) in [5, 5.41) is 8.79. The fourth-order valence-corrected chi connectivity index (χ4v) is 5.80. The van der Waals surface area contributed by atoms with E-state index in [9.17, 15) is 9.59 Å². The Labute approximate surface area is 191 Å². The van der Waals surface area contributed by atoms with E-state index in [2.05, 4.69) is 0 Å². The molecule has 32 heavy (non-hydrogen) atoms. The molecule has 1 N–H and O–H groups in total. The molecule has 1 aromatic carbocycles. The molecular formula is C23H36O8Si. The molecule has 0 aliphatic carbocycles. The van der Waals surface area contributed by atoms with Crippen LogP contribution in [0.1, 0.15) is 58.9 Å². The third kappa shape index (κ3) is 10.4. The summed E-state index contributed by atoms with van der Waals surface area (Å²) in [6, 6.07) is 5.67. The maximum absolute atomic E-state index is 12.4. The zero-order valence-electron chi connectivity index (χ0n) is 19.6. The molecule has 0 radical (unpaired) electrons. The van der Waals surface area contributed by atoms with Crippen molar-refractivity contribution in [2.24, 2.45) is 0 Å². The second-order valence-corrected chi connectivity index (χ2v) is 9.56. The second kappa shape index (κ2) is 15.6. The van der Waals surface area contributed by atoms with Crippen molar-refractivity contribution in [3.63, 3.8) is 0 Å². The van der Waals surface area contributed by atoms with Crippen LogP contribution in [0.25, 0.3) is 6.08 Å². The summed E-state index contributed by atoms with van der Waals surface area (Å²) in [6.45, 7) is 9.67. The lowest BCUT2D eigenvalue weighted by atomic mass is 10.2. The Balaban J connectivity index is 2.61. The molecule has 0 unspecified atom stereocenters. The van der Waals surface area contributed by atoms with E-state index >= 15 is 0 Å². The van der Waals surface area contributed by atoms with Gasteiger partial charge in [-0.25, -0.2) is 4.79 Å². The first kappa shape index (κ1) is 27.8. The van der Waals surface area contributed by atoms with Crippen LogP contribution >= 0.6 is 0 Å². The van der Waals surface area contributed by atoms with Crippen LogP contribution in [0.2, 0.25) is 6.04 Å². The summed E-state index contributed by atoms with van der Waals surface area (Å²) < 4.78 is 28.5. The number of unbranched alkanes of at least 4 members (excludes halogenated alkanes) is 2. The van der Waals surface area contributed by atoms with Crippen LogP contribution in [-0.4, -0.2) is 52.3 Å². The lowest BCUT2D eigenvalue weighted by Gasteiger charge is -2.28. The Morgan fingerprint density at radius 1 is 0.906 bits per heavy atom. The van der Waals surface area contributed by atoms with Crippen molar-refractivity contribution < 1.29 is 37.4 Å². The van der Waals surface area contributed by atoms with E-state index in [-0.39, 0.29) is 18.1 Å². The molecule has 0 spiro atoms. The number of carbonyl (C=O) groups excluding carboxylic acids is 1. The molecule has 1 rings (SSSR count). The molecule has 8 nitrogen and oxygen atoms in total. The molecule has 0 atom stereocenters. The fraction of sp³-hybridized carbons (Fsp3) is 0.565. The minimum absolute atomic E-state index is 0.257. The van der Waals surface area contributed by atoms with Gasteiger partial charge in [0.2, 0.25) is 0 Å². The van der Waals surface area contributed by atoms with Crippen LogP contribution in [0.4, 0.5) is 0 Å².